The van der Waals surface area contributed by atoms with Gasteiger partial charge in [0.2, 0.25) is 0 Å². The maximum absolute atomic E-state index is 6.20. The first kappa shape index (κ1) is 8.59. The third-order valence-corrected chi connectivity index (χ3v) is 2.68. The first-order chi connectivity index (χ1) is 6.21. The van der Waals surface area contributed by atoms with Crippen molar-refractivity contribution < 1.29 is 0 Å². The van der Waals surface area contributed by atoms with Gasteiger partial charge in [-0.25, -0.2) is 9.97 Å². The van der Waals surface area contributed by atoms with Crippen molar-refractivity contribution in [1.29, 1.82) is 0 Å². The van der Waals surface area contributed by atoms with Crippen molar-refractivity contribution in [1.82, 2.24) is 9.97 Å². The van der Waals surface area contributed by atoms with Gasteiger partial charge in [0.15, 0.2) is 0 Å². The summed E-state index contributed by atoms with van der Waals surface area (Å²) in [5.74, 6) is 0. The zero-order valence-electron chi connectivity index (χ0n) is 7.48. The molecule has 1 heterocycles. The Labute approximate surface area is 77.4 Å². The Kier molecular flexibility index (Phi) is 2.01. The molecule has 1 fully saturated rings. The monoisotopic (exact) mass is 178 g/mol. The van der Waals surface area contributed by atoms with Crippen molar-refractivity contribution in [2.45, 2.75) is 30.8 Å². The Morgan fingerprint density at radius 3 is 2.92 bits per heavy atom. The zero-order chi connectivity index (χ0) is 9.31. The molecular formula is C9H14N4. The van der Waals surface area contributed by atoms with Crippen LogP contribution in [-0.2, 0) is 5.54 Å². The lowest BCUT2D eigenvalue weighted by Crippen LogP contribution is -2.36. The second-order valence-electron chi connectivity index (χ2n) is 3.75. The summed E-state index contributed by atoms with van der Waals surface area (Å²) in [7, 11) is 0. The third-order valence-electron chi connectivity index (χ3n) is 2.68. The Morgan fingerprint density at radius 2 is 2.38 bits per heavy atom. The SMILES string of the molecule is NC1CCC(N)(c2ccncn2)C1. The van der Waals surface area contributed by atoms with E-state index in [1.807, 2.05) is 6.07 Å². The van der Waals surface area contributed by atoms with Gasteiger partial charge in [-0.05, 0) is 25.3 Å². The molecule has 4 N–H and O–H groups in total. The average Bonchev–Trinajstić information content (AvgIpc) is 2.49. The van der Waals surface area contributed by atoms with Gasteiger partial charge in [-0.15, -0.1) is 0 Å². The van der Waals surface area contributed by atoms with E-state index in [-0.39, 0.29) is 11.6 Å². The molecule has 0 bridgehead atoms. The molecule has 4 heteroatoms. The van der Waals surface area contributed by atoms with Gasteiger partial charge in [0.25, 0.3) is 0 Å². The second-order valence-corrected chi connectivity index (χ2v) is 3.75. The second kappa shape index (κ2) is 3.05. The quantitative estimate of drug-likeness (QED) is 0.641. The summed E-state index contributed by atoms with van der Waals surface area (Å²) in [6.45, 7) is 0. The van der Waals surface area contributed by atoms with Gasteiger partial charge >= 0.3 is 0 Å². The van der Waals surface area contributed by atoms with E-state index in [1.165, 1.54) is 6.33 Å². The van der Waals surface area contributed by atoms with Gasteiger partial charge in [0.1, 0.15) is 6.33 Å². The van der Waals surface area contributed by atoms with Crippen LogP contribution in [0.5, 0.6) is 0 Å². The summed E-state index contributed by atoms with van der Waals surface area (Å²) >= 11 is 0. The predicted octanol–water partition coefficient (Wildman–Crippen LogP) is 0.142. The van der Waals surface area contributed by atoms with Crippen molar-refractivity contribution in [2.24, 2.45) is 11.5 Å². The Balaban J connectivity index is 2.26. The van der Waals surface area contributed by atoms with Crippen LogP contribution in [0.3, 0.4) is 0 Å². The molecule has 13 heavy (non-hydrogen) atoms. The lowest BCUT2D eigenvalue weighted by atomic mass is 9.94. The van der Waals surface area contributed by atoms with Crippen LogP contribution in [0, 0.1) is 0 Å². The van der Waals surface area contributed by atoms with E-state index in [0.717, 1.165) is 25.0 Å². The summed E-state index contributed by atoms with van der Waals surface area (Å²) in [6, 6.07) is 2.10. The number of aromatic nitrogens is 2. The largest absolute Gasteiger partial charge is 0.328 e. The first-order valence-electron chi connectivity index (χ1n) is 4.52. The van der Waals surface area contributed by atoms with E-state index >= 15 is 0 Å². The topological polar surface area (TPSA) is 77.8 Å². The molecule has 2 atom stereocenters. The van der Waals surface area contributed by atoms with E-state index in [2.05, 4.69) is 9.97 Å². The third kappa shape index (κ3) is 1.55. The fourth-order valence-electron chi connectivity index (χ4n) is 1.93. The lowest BCUT2D eigenvalue weighted by molar-refractivity contribution is 0.439. The molecule has 0 radical (unpaired) electrons. The van der Waals surface area contributed by atoms with Gasteiger partial charge in [-0.1, -0.05) is 0 Å². The van der Waals surface area contributed by atoms with Crippen LogP contribution in [0.2, 0.25) is 0 Å². The fourth-order valence-corrected chi connectivity index (χ4v) is 1.93. The Bertz CT molecular complexity index is 287. The summed E-state index contributed by atoms with van der Waals surface area (Å²) in [5, 5.41) is 0. The zero-order valence-corrected chi connectivity index (χ0v) is 7.48. The number of hydrogen-bond acceptors (Lipinski definition) is 4. The summed E-state index contributed by atoms with van der Waals surface area (Å²) in [6.07, 6.45) is 5.99. The predicted molar refractivity (Wildman–Crippen MR) is 49.7 cm³/mol. The van der Waals surface area contributed by atoms with E-state index in [4.69, 9.17) is 11.5 Å². The Hall–Kier alpha value is -1.00. The van der Waals surface area contributed by atoms with Gasteiger partial charge in [-0.3, -0.25) is 0 Å². The van der Waals surface area contributed by atoms with Crippen LogP contribution in [0.25, 0.3) is 0 Å². The van der Waals surface area contributed by atoms with Crippen molar-refractivity contribution >= 4 is 0 Å². The van der Waals surface area contributed by atoms with E-state index in [1.54, 1.807) is 6.20 Å². The maximum Gasteiger partial charge on any atom is 0.115 e. The molecule has 2 unspecified atom stereocenters. The van der Waals surface area contributed by atoms with Crippen LogP contribution in [0.4, 0.5) is 0 Å². The van der Waals surface area contributed by atoms with E-state index in [0.29, 0.717) is 0 Å². The van der Waals surface area contributed by atoms with Crippen LogP contribution in [0.1, 0.15) is 25.0 Å². The van der Waals surface area contributed by atoms with Crippen LogP contribution < -0.4 is 11.5 Å². The Morgan fingerprint density at radius 1 is 1.54 bits per heavy atom. The number of nitrogens with two attached hydrogens (primary N) is 2. The highest BCUT2D eigenvalue weighted by atomic mass is 14.9. The maximum atomic E-state index is 6.20. The lowest BCUT2D eigenvalue weighted by Gasteiger charge is -2.22. The van der Waals surface area contributed by atoms with Crippen molar-refractivity contribution in [3.63, 3.8) is 0 Å². The van der Waals surface area contributed by atoms with Gasteiger partial charge in [0, 0.05) is 12.2 Å². The van der Waals surface area contributed by atoms with E-state index < -0.39 is 0 Å². The molecule has 1 aromatic heterocycles. The normalized spacial score (nSPS) is 33.5. The standard InChI is InChI=1S/C9H14N4/c10-7-1-3-9(11,5-7)8-2-4-12-6-13-8/h2,4,6-7H,1,3,5,10-11H2. The highest BCUT2D eigenvalue weighted by Gasteiger charge is 2.36. The van der Waals surface area contributed by atoms with Gasteiger partial charge in [-0.2, -0.15) is 0 Å². The molecule has 2 rings (SSSR count). The molecule has 1 aliphatic rings. The summed E-state index contributed by atoms with van der Waals surface area (Å²) in [5.41, 5.74) is 12.6. The highest BCUT2D eigenvalue weighted by molar-refractivity contribution is 5.15. The minimum atomic E-state index is -0.317. The molecule has 0 spiro atoms. The minimum absolute atomic E-state index is 0.222. The number of nitrogens with zero attached hydrogens (tertiary/aromatic N) is 2. The van der Waals surface area contributed by atoms with Crippen molar-refractivity contribution in [3.05, 3.63) is 24.3 Å². The van der Waals surface area contributed by atoms with Crippen LogP contribution in [-0.4, -0.2) is 16.0 Å². The average molecular weight is 178 g/mol. The number of rotatable bonds is 1. The molecule has 70 valence electrons. The molecule has 1 aliphatic carbocycles. The smallest absolute Gasteiger partial charge is 0.115 e. The van der Waals surface area contributed by atoms with Gasteiger partial charge < -0.3 is 11.5 Å². The van der Waals surface area contributed by atoms with Gasteiger partial charge in [0.05, 0.1) is 11.2 Å². The summed E-state index contributed by atoms with van der Waals surface area (Å²) < 4.78 is 0. The van der Waals surface area contributed by atoms with Crippen LogP contribution >= 0.6 is 0 Å². The first-order valence-corrected chi connectivity index (χ1v) is 4.52. The van der Waals surface area contributed by atoms with Crippen LogP contribution in [0.15, 0.2) is 18.6 Å². The molecule has 0 amide bonds. The summed E-state index contributed by atoms with van der Waals surface area (Å²) in [4.78, 5) is 8.04. The minimum Gasteiger partial charge on any atom is -0.328 e. The molecular weight excluding hydrogens is 164 g/mol. The van der Waals surface area contributed by atoms with E-state index in [9.17, 15) is 0 Å². The number of hydrogen-bond donors (Lipinski definition) is 2. The molecule has 4 nitrogen and oxygen atoms in total. The molecule has 0 aromatic carbocycles. The highest BCUT2D eigenvalue weighted by Crippen LogP contribution is 2.34. The molecule has 1 aromatic rings. The van der Waals surface area contributed by atoms with Crippen molar-refractivity contribution in [3.8, 4) is 0 Å². The molecule has 0 aliphatic heterocycles. The molecule has 1 saturated carbocycles. The van der Waals surface area contributed by atoms with Crippen molar-refractivity contribution in [2.75, 3.05) is 0 Å². The fraction of sp³-hybridized carbons (Fsp3) is 0.556. The molecule has 0 saturated heterocycles.